The molecule has 15 heavy (non-hydrogen) atoms. The molecule has 0 spiro atoms. The number of hydrogen-bond acceptors (Lipinski definition) is 4. The molecule has 94 valence electrons. The fourth-order valence-corrected chi connectivity index (χ4v) is 2.12. The van der Waals surface area contributed by atoms with E-state index in [0.29, 0.717) is 0 Å². The van der Waals surface area contributed by atoms with Crippen LogP contribution in [0.5, 0.6) is 0 Å². The van der Waals surface area contributed by atoms with Crippen molar-refractivity contribution in [3.63, 3.8) is 0 Å². The zero-order chi connectivity index (χ0) is 12.5. The van der Waals surface area contributed by atoms with Crippen molar-refractivity contribution >= 4 is 15.1 Å². The highest BCUT2D eigenvalue weighted by Gasteiger charge is 2.14. The second-order valence-corrected chi connectivity index (χ2v) is 10.8. The first kappa shape index (κ1) is 17.9. The van der Waals surface area contributed by atoms with E-state index in [2.05, 4.69) is 36.0 Å². The fourth-order valence-electron chi connectivity index (χ4n) is 0.707. The summed E-state index contributed by atoms with van der Waals surface area (Å²) >= 11 is 0. The minimum absolute atomic E-state index is 0.432. The van der Waals surface area contributed by atoms with Crippen molar-refractivity contribution in [3.8, 4) is 0 Å². The zero-order valence-electron chi connectivity index (χ0n) is 10.6. The van der Waals surface area contributed by atoms with Crippen LogP contribution in [0.2, 0.25) is 0 Å². The van der Waals surface area contributed by atoms with Gasteiger partial charge >= 0.3 is 0 Å². The predicted molar refractivity (Wildman–Crippen MR) is 66.1 cm³/mol. The van der Waals surface area contributed by atoms with Gasteiger partial charge < -0.3 is 13.9 Å². The summed E-state index contributed by atoms with van der Waals surface area (Å²) < 4.78 is 17.7. The van der Waals surface area contributed by atoms with Crippen LogP contribution in [-0.4, -0.2) is 40.4 Å². The average molecular weight is 258 g/mol. The maximum absolute atomic E-state index is 9.95. The summed E-state index contributed by atoms with van der Waals surface area (Å²) in [6.07, 6.45) is 4.26. The maximum atomic E-state index is 9.95. The van der Waals surface area contributed by atoms with Crippen molar-refractivity contribution < 1.29 is 18.5 Å². The Bertz CT molecular complexity index is 181. The molecule has 0 radical (unpaired) electrons. The van der Waals surface area contributed by atoms with E-state index in [9.17, 15) is 9.46 Å². The molecule has 0 atom stereocenters. The van der Waals surface area contributed by atoms with E-state index in [-0.39, 0.29) is 0 Å². The van der Waals surface area contributed by atoms with Crippen LogP contribution in [0.25, 0.3) is 0 Å². The maximum Gasteiger partial charge on any atom is 0.267 e. The molecule has 0 saturated carbocycles. The summed E-state index contributed by atoms with van der Waals surface area (Å²) in [5, 5.41) is 0. The normalized spacial score (nSPS) is 11.9. The molecule has 0 aliphatic carbocycles. The zero-order valence-corrected chi connectivity index (χ0v) is 12.4. The molecule has 0 aromatic heterocycles. The third-order valence-electron chi connectivity index (χ3n) is 1.63. The Kier molecular flexibility index (Phi) is 10.4. The van der Waals surface area contributed by atoms with Crippen molar-refractivity contribution in [1.82, 2.24) is 0 Å². The second kappa shape index (κ2) is 8.66. The summed E-state index contributed by atoms with van der Waals surface area (Å²) in [4.78, 5) is 9.95. The van der Waals surface area contributed by atoms with Crippen molar-refractivity contribution in [2.75, 3.05) is 40.4 Å². The summed E-state index contributed by atoms with van der Waals surface area (Å²) in [6.45, 7) is 9.48. The Balaban J connectivity index is 0. The van der Waals surface area contributed by atoms with Crippen molar-refractivity contribution in [1.29, 1.82) is 0 Å². The van der Waals surface area contributed by atoms with Gasteiger partial charge in [-0.1, -0.05) is 13.3 Å². The lowest BCUT2D eigenvalue weighted by molar-refractivity contribution is -0.220. The van der Waals surface area contributed by atoms with E-state index >= 15 is 0 Å². The molecule has 6 heteroatoms. The lowest BCUT2D eigenvalue weighted by Crippen LogP contribution is -2.02. The molecule has 0 saturated heterocycles. The largest absolute Gasteiger partial charge is 0.756 e. The molecule has 0 rings (SSSR count). The standard InChI is InChI=1S/C7H18P.C2H7O4P/c1-5-6-7-8(2,3)4;1-5-7(3,4)6-2/h5-7H2,1-4H3;1-2H3,(H,3,4)/q+1;/p-1. The molecule has 0 aromatic carbocycles. The van der Waals surface area contributed by atoms with Gasteiger partial charge in [0.15, 0.2) is 0 Å². The molecule has 4 nitrogen and oxygen atoms in total. The third-order valence-corrected chi connectivity index (χ3v) is 4.18. The molecule has 0 bridgehead atoms. The van der Waals surface area contributed by atoms with E-state index in [1.807, 2.05) is 0 Å². The fraction of sp³-hybridized carbons (Fsp3) is 1.00. The molecular formula is C9H24O4P2. The number of rotatable bonds is 5. The number of phosphoric acid groups is 1. The molecule has 0 aliphatic rings. The SMILES string of the molecule is CCCC[P+](C)(C)C.COP(=O)([O-])OC. The Hall–Kier alpha value is 0.540. The first-order valence-electron chi connectivity index (χ1n) is 4.91. The summed E-state index contributed by atoms with van der Waals surface area (Å²) in [5.74, 6) is 0. The first-order chi connectivity index (χ1) is 6.68. The van der Waals surface area contributed by atoms with Crippen LogP contribution in [0.4, 0.5) is 0 Å². The first-order valence-corrected chi connectivity index (χ1v) is 9.69. The van der Waals surface area contributed by atoms with E-state index in [4.69, 9.17) is 0 Å². The van der Waals surface area contributed by atoms with Gasteiger partial charge in [-0.25, -0.2) is 0 Å². The van der Waals surface area contributed by atoms with Crippen molar-refractivity contribution in [2.24, 2.45) is 0 Å². The number of hydrogen-bond donors (Lipinski definition) is 0. The monoisotopic (exact) mass is 258 g/mol. The molecule has 0 fully saturated rings. The lowest BCUT2D eigenvalue weighted by Gasteiger charge is -2.16. The second-order valence-electron chi connectivity index (χ2n) is 4.18. The van der Waals surface area contributed by atoms with E-state index in [0.717, 1.165) is 14.2 Å². The Morgan fingerprint density at radius 1 is 1.20 bits per heavy atom. The molecule has 0 N–H and O–H groups in total. The summed E-state index contributed by atoms with van der Waals surface area (Å²) in [5.41, 5.74) is 0. The highest BCUT2D eigenvalue weighted by Crippen LogP contribution is 2.46. The topological polar surface area (TPSA) is 58.6 Å². The van der Waals surface area contributed by atoms with Gasteiger partial charge in [0.05, 0.1) is 6.16 Å². The molecule has 0 heterocycles. The van der Waals surface area contributed by atoms with E-state index in [1.54, 1.807) is 0 Å². The van der Waals surface area contributed by atoms with Crippen LogP contribution < -0.4 is 4.89 Å². The van der Waals surface area contributed by atoms with Gasteiger partial charge in [-0.2, -0.15) is 0 Å². The molecular weight excluding hydrogens is 234 g/mol. The Labute approximate surface area is 94.3 Å². The van der Waals surface area contributed by atoms with Gasteiger partial charge in [-0.3, -0.25) is 4.57 Å². The average Bonchev–Trinajstić information content (AvgIpc) is 2.15. The van der Waals surface area contributed by atoms with Gasteiger partial charge in [0, 0.05) is 41.5 Å². The minimum atomic E-state index is -3.90. The molecule has 0 amide bonds. The Morgan fingerprint density at radius 3 is 1.67 bits per heavy atom. The van der Waals surface area contributed by atoms with Crippen LogP contribution in [0.3, 0.4) is 0 Å². The van der Waals surface area contributed by atoms with Gasteiger partial charge in [-0.15, -0.1) is 0 Å². The molecule has 0 aliphatic heterocycles. The predicted octanol–water partition coefficient (Wildman–Crippen LogP) is 2.44. The quantitative estimate of drug-likeness (QED) is 0.711. The number of phosphoric ester groups is 1. The van der Waals surface area contributed by atoms with Crippen LogP contribution >= 0.6 is 15.1 Å². The third kappa shape index (κ3) is 17.2. The van der Waals surface area contributed by atoms with Gasteiger partial charge in [-0.05, 0) is 6.42 Å². The van der Waals surface area contributed by atoms with Gasteiger partial charge in [0.1, 0.15) is 0 Å². The van der Waals surface area contributed by atoms with Crippen LogP contribution in [0.1, 0.15) is 19.8 Å². The summed E-state index contributed by atoms with van der Waals surface area (Å²) in [7, 11) is -2.26. The summed E-state index contributed by atoms with van der Waals surface area (Å²) in [6, 6.07) is 0. The Morgan fingerprint density at radius 2 is 1.60 bits per heavy atom. The lowest BCUT2D eigenvalue weighted by atomic mass is 10.4. The molecule has 0 aromatic rings. The number of unbranched alkanes of at least 4 members (excludes halogenated alkanes) is 1. The van der Waals surface area contributed by atoms with Gasteiger partial charge in [0.25, 0.3) is 7.82 Å². The van der Waals surface area contributed by atoms with Crippen LogP contribution in [0, 0.1) is 0 Å². The van der Waals surface area contributed by atoms with Gasteiger partial charge in [0.2, 0.25) is 0 Å². The van der Waals surface area contributed by atoms with E-state index < -0.39 is 15.1 Å². The highest BCUT2D eigenvalue weighted by atomic mass is 31.2. The minimum Gasteiger partial charge on any atom is -0.756 e. The van der Waals surface area contributed by atoms with E-state index in [1.165, 1.54) is 19.0 Å². The smallest absolute Gasteiger partial charge is 0.267 e. The van der Waals surface area contributed by atoms with Crippen LogP contribution in [0.15, 0.2) is 0 Å². The molecule has 0 unspecified atom stereocenters. The van der Waals surface area contributed by atoms with Crippen molar-refractivity contribution in [2.45, 2.75) is 19.8 Å². The highest BCUT2D eigenvalue weighted by molar-refractivity contribution is 7.73. The van der Waals surface area contributed by atoms with Crippen molar-refractivity contribution in [3.05, 3.63) is 0 Å². The van der Waals surface area contributed by atoms with Crippen LogP contribution in [-0.2, 0) is 13.6 Å².